The van der Waals surface area contributed by atoms with Crippen molar-refractivity contribution in [2.75, 3.05) is 0 Å². The second-order valence-corrected chi connectivity index (χ2v) is 5.35. The van der Waals surface area contributed by atoms with Gasteiger partial charge in [-0.3, -0.25) is 0 Å². The molecule has 108 valence electrons. The fraction of sp³-hybridized carbons (Fsp3) is 0.167. The normalized spacial score (nSPS) is 11.0. The van der Waals surface area contributed by atoms with Gasteiger partial charge in [0.05, 0.1) is 27.8 Å². The van der Waals surface area contributed by atoms with Gasteiger partial charge < -0.3 is 0 Å². The van der Waals surface area contributed by atoms with E-state index in [-0.39, 0.29) is 5.15 Å². The number of nitrogens with zero attached hydrogens (tertiary/aromatic N) is 6. The van der Waals surface area contributed by atoms with Crippen LogP contribution in [0.25, 0.3) is 17.1 Å². The van der Waals surface area contributed by atoms with E-state index in [4.69, 9.17) is 34.8 Å². The summed E-state index contributed by atoms with van der Waals surface area (Å²) >= 11 is 18.1. The highest BCUT2D eigenvalue weighted by Crippen LogP contribution is 2.28. The number of tetrazole rings is 1. The molecule has 0 saturated carbocycles. The van der Waals surface area contributed by atoms with E-state index in [1.54, 1.807) is 29.1 Å². The molecule has 21 heavy (non-hydrogen) atoms. The molecule has 3 aromatic rings. The number of rotatable bonds is 3. The first-order chi connectivity index (χ1) is 10.1. The van der Waals surface area contributed by atoms with E-state index in [0.29, 0.717) is 28.0 Å². The minimum atomic E-state index is 0.289. The minimum absolute atomic E-state index is 0.289. The molecular formula is C12H9Cl3N6. The Kier molecular flexibility index (Phi) is 3.84. The summed E-state index contributed by atoms with van der Waals surface area (Å²) in [6, 6.07) is 5.19. The van der Waals surface area contributed by atoms with Crippen molar-refractivity contribution in [3.05, 3.63) is 39.6 Å². The summed E-state index contributed by atoms with van der Waals surface area (Å²) in [5, 5.41) is 17.5. The summed E-state index contributed by atoms with van der Waals surface area (Å²) in [5.41, 5.74) is 1.34. The number of hydrogen-bond acceptors (Lipinski definition) is 4. The number of aromatic nitrogens is 6. The molecule has 0 aliphatic rings. The Balaban J connectivity index is 2.02. The molecule has 1 aromatic carbocycles. The molecule has 2 aromatic heterocycles. The Morgan fingerprint density at radius 3 is 2.57 bits per heavy atom. The fourth-order valence-corrected chi connectivity index (χ4v) is 2.25. The molecule has 0 atom stereocenters. The molecule has 0 radical (unpaired) electrons. The quantitative estimate of drug-likeness (QED) is 0.730. The topological polar surface area (TPSA) is 61.4 Å². The number of benzene rings is 1. The van der Waals surface area contributed by atoms with Gasteiger partial charge in [-0.1, -0.05) is 34.8 Å². The van der Waals surface area contributed by atoms with Gasteiger partial charge >= 0.3 is 0 Å². The van der Waals surface area contributed by atoms with Gasteiger partial charge in [-0.2, -0.15) is 9.90 Å². The number of hydrogen-bond donors (Lipinski definition) is 0. The van der Waals surface area contributed by atoms with Crippen molar-refractivity contribution in [2.45, 2.75) is 13.5 Å². The van der Waals surface area contributed by atoms with E-state index in [0.717, 1.165) is 5.69 Å². The molecule has 0 spiro atoms. The molecule has 9 heteroatoms. The zero-order valence-electron chi connectivity index (χ0n) is 10.8. The van der Waals surface area contributed by atoms with Crippen LogP contribution in [0.2, 0.25) is 15.2 Å². The predicted molar refractivity (Wildman–Crippen MR) is 81.1 cm³/mol. The van der Waals surface area contributed by atoms with Gasteiger partial charge in [-0.15, -0.1) is 10.2 Å². The maximum Gasteiger partial charge on any atom is 0.209 e. The minimum Gasteiger partial charge on any atom is -0.239 e. The van der Waals surface area contributed by atoms with Crippen LogP contribution >= 0.6 is 34.8 Å². The van der Waals surface area contributed by atoms with E-state index in [2.05, 4.69) is 20.5 Å². The van der Waals surface area contributed by atoms with Gasteiger partial charge in [0.25, 0.3) is 0 Å². The third-order valence-corrected chi connectivity index (χ3v) is 3.83. The Morgan fingerprint density at radius 2 is 1.90 bits per heavy atom. The van der Waals surface area contributed by atoms with Crippen LogP contribution in [0.3, 0.4) is 0 Å². The van der Waals surface area contributed by atoms with Crippen molar-refractivity contribution in [3.63, 3.8) is 0 Å². The largest absolute Gasteiger partial charge is 0.239 e. The Hall–Kier alpha value is -1.63. The highest BCUT2D eigenvalue weighted by molar-refractivity contribution is 6.42. The molecule has 0 bridgehead atoms. The number of aryl methyl sites for hydroxylation is 1. The third kappa shape index (κ3) is 2.74. The van der Waals surface area contributed by atoms with Crippen LogP contribution in [-0.4, -0.2) is 30.0 Å². The van der Waals surface area contributed by atoms with Crippen molar-refractivity contribution < 1.29 is 0 Å². The molecule has 0 saturated heterocycles. The van der Waals surface area contributed by atoms with Crippen molar-refractivity contribution in [1.29, 1.82) is 0 Å². The van der Waals surface area contributed by atoms with Gasteiger partial charge in [0.1, 0.15) is 0 Å². The second-order valence-electron chi connectivity index (χ2n) is 4.18. The Morgan fingerprint density at radius 1 is 1.10 bits per heavy atom. The van der Waals surface area contributed by atoms with E-state index in [1.165, 1.54) is 4.80 Å². The highest BCUT2D eigenvalue weighted by Gasteiger charge is 2.15. The number of halogens is 3. The van der Waals surface area contributed by atoms with Gasteiger partial charge in [0, 0.05) is 6.20 Å². The van der Waals surface area contributed by atoms with Gasteiger partial charge in [-0.05, 0) is 30.3 Å². The van der Waals surface area contributed by atoms with Crippen LogP contribution in [0.1, 0.15) is 6.92 Å². The zero-order valence-corrected chi connectivity index (χ0v) is 13.1. The summed E-state index contributed by atoms with van der Waals surface area (Å²) < 4.78 is 1.59. The van der Waals surface area contributed by atoms with E-state index < -0.39 is 0 Å². The van der Waals surface area contributed by atoms with Crippen LogP contribution < -0.4 is 0 Å². The SMILES string of the molecule is CCn1nnc(-c2cn(-c3ccc(Cl)c(Cl)c3)nc2Cl)n1. The summed E-state index contributed by atoms with van der Waals surface area (Å²) in [6.07, 6.45) is 1.72. The lowest BCUT2D eigenvalue weighted by Crippen LogP contribution is -1.98. The first-order valence-electron chi connectivity index (χ1n) is 6.07. The van der Waals surface area contributed by atoms with E-state index >= 15 is 0 Å². The van der Waals surface area contributed by atoms with Gasteiger partial charge in [0.15, 0.2) is 5.15 Å². The van der Waals surface area contributed by atoms with Crippen LogP contribution in [0.15, 0.2) is 24.4 Å². The summed E-state index contributed by atoms with van der Waals surface area (Å²) in [4.78, 5) is 1.47. The summed E-state index contributed by atoms with van der Waals surface area (Å²) in [5.74, 6) is 0.424. The van der Waals surface area contributed by atoms with Crippen LogP contribution in [0.4, 0.5) is 0 Å². The average Bonchev–Trinajstić information content (AvgIpc) is 3.08. The van der Waals surface area contributed by atoms with Crippen LogP contribution in [-0.2, 0) is 6.54 Å². The molecule has 0 unspecified atom stereocenters. The average molecular weight is 344 g/mol. The molecule has 0 aliphatic heterocycles. The summed E-state index contributed by atoms with van der Waals surface area (Å²) in [6.45, 7) is 2.55. The lowest BCUT2D eigenvalue weighted by molar-refractivity contribution is 0.553. The smallest absolute Gasteiger partial charge is 0.209 e. The van der Waals surface area contributed by atoms with Gasteiger partial charge in [-0.25, -0.2) is 4.68 Å². The zero-order chi connectivity index (χ0) is 15.0. The van der Waals surface area contributed by atoms with Crippen molar-refractivity contribution >= 4 is 34.8 Å². The predicted octanol–water partition coefficient (Wildman–Crippen LogP) is 3.51. The molecule has 0 N–H and O–H groups in total. The highest BCUT2D eigenvalue weighted by atomic mass is 35.5. The maximum absolute atomic E-state index is 6.14. The van der Waals surface area contributed by atoms with E-state index in [9.17, 15) is 0 Å². The van der Waals surface area contributed by atoms with Crippen molar-refractivity contribution in [3.8, 4) is 17.1 Å². The Labute approximate surface area is 135 Å². The third-order valence-electron chi connectivity index (χ3n) is 2.81. The molecule has 2 heterocycles. The monoisotopic (exact) mass is 342 g/mol. The first-order valence-corrected chi connectivity index (χ1v) is 7.20. The molecule has 0 aliphatic carbocycles. The first kappa shape index (κ1) is 14.3. The molecule has 0 amide bonds. The van der Waals surface area contributed by atoms with Crippen LogP contribution in [0.5, 0.6) is 0 Å². The lowest BCUT2D eigenvalue weighted by Gasteiger charge is -2.02. The lowest BCUT2D eigenvalue weighted by atomic mass is 10.3. The molecule has 3 rings (SSSR count). The van der Waals surface area contributed by atoms with E-state index in [1.807, 2.05) is 6.92 Å². The van der Waals surface area contributed by atoms with Gasteiger partial charge in [0.2, 0.25) is 5.82 Å². The second kappa shape index (κ2) is 5.63. The fourth-order valence-electron chi connectivity index (χ4n) is 1.75. The molecule has 6 nitrogen and oxygen atoms in total. The van der Waals surface area contributed by atoms with Crippen molar-refractivity contribution in [2.24, 2.45) is 0 Å². The standard InChI is InChI=1S/C12H9Cl3N6/c1-2-21-18-12(16-19-21)8-6-20(17-11(8)15)7-3-4-9(13)10(14)5-7/h3-6H,2H2,1H3. The van der Waals surface area contributed by atoms with Crippen molar-refractivity contribution in [1.82, 2.24) is 30.0 Å². The molecule has 0 fully saturated rings. The summed E-state index contributed by atoms with van der Waals surface area (Å²) in [7, 11) is 0. The Bertz CT molecular complexity index is 794. The molecular weight excluding hydrogens is 335 g/mol. The maximum atomic E-state index is 6.14. The van der Waals surface area contributed by atoms with Crippen LogP contribution in [0, 0.1) is 0 Å².